The van der Waals surface area contributed by atoms with Gasteiger partial charge in [-0.3, -0.25) is 9.78 Å². The number of hydrogen-bond donors (Lipinski definition) is 0. The highest BCUT2D eigenvalue weighted by atomic mass is 16.5. The molecule has 1 aliphatic heterocycles. The van der Waals surface area contributed by atoms with Crippen LogP contribution in [0.2, 0.25) is 0 Å². The van der Waals surface area contributed by atoms with Crippen LogP contribution in [0.3, 0.4) is 0 Å². The molecule has 4 heterocycles. The molecule has 1 aromatic carbocycles. The van der Waals surface area contributed by atoms with E-state index in [4.69, 9.17) is 9.62 Å². The summed E-state index contributed by atoms with van der Waals surface area (Å²) in [6.45, 7) is 3.09. The van der Waals surface area contributed by atoms with Crippen LogP contribution in [0.15, 0.2) is 71.7 Å². The number of carbonyl (C=O) groups excluding carboxylic acids is 1. The maximum absolute atomic E-state index is 13.0. The van der Waals surface area contributed by atoms with Gasteiger partial charge in [-0.15, -0.1) is 0 Å². The van der Waals surface area contributed by atoms with Crippen molar-refractivity contribution in [1.29, 1.82) is 0 Å². The van der Waals surface area contributed by atoms with Gasteiger partial charge in [0, 0.05) is 48.9 Å². The lowest BCUT2D eigenvalue weighted by Crippen LogP contribution is -2.38. The zero-order chi connectivity index (χ0) is 22.6. The highest BCUT2D eigenvalue weighted by Crippen LogP contribution is 2.27. The van der Waals surface area contributed by atoms with E-state index in [0.29, 0.717) is 24.8 Å². The van der Waals surface area contributed by atoms with Crippen LogP contribution in [0.25, 0.3) is 23.0 Å². The molecular weight excluding hydrogens is 416 g/mol. The number of likely N-dealkylation sites (tertiary alicyclic amines) is 1. The third-order valence-corrected chi connectivity index (χ3v) is 5.73. The van der Waals surface area contributed by atoms with Gasteiger partial charge in [0.2, 0.25) is 11.8 Å². The number of hydrogen-bond acceptors (Lipinski definition) is 6. The first kappa shape index (κ1) is 20.8. The fourth-order valence-corrected chi connectivity index (χ4v) is 4.07. The van der Waals surface area contributed by atoms with E-state index in [9.17, 15) is 4.79 Å². The largest absolute Gasteiger partial charge is 0.339 e. The van der Waals surface area contributed by atoms with Gasteiger partial charge in [0.1, 0.15) is 5.69 Å². The highest BCUT2D eigenvalue weighted by Gasteiger charge is 2.27. The lowest BCUT2D eigenvalue weighted by molar-refractivity contribution is -0.127. The van der Waals surface area contributed by atoms with E-state index < -0.39 is 0 Å². The van der Waals surface area contributed by atoms with Crippen LogP contribution < -0.4 is 0 Å². The third kappa shape index (κ3) is 4.59. The van der Waals surface area contributed by atoms with Gasteiger partial charge < -0.3 is 9.42 Å². The van der Waals surface area contributed by atoms with Crippen molar-refractivity contribution in [3.05, 3.63) is 84.4 Å². The van der Waals surface area contributed by atoms with Crippen molar-refractivity contribution in [1.82, 2.24) is 29.8 Å². The summed E-state index contributed by atoms with van der Waals surface area (Å²) in [5.74, 6) is 1.26. The quantitative estimate of drug-likeness (QED) is 0.435. The van der Waals surface area contributed by atoms with Crippen LogP contribution in [-0.4, -0.2) is 48.8 Å². The second-order valence-electron chi connectivity index (χ2n) is 8.09. The van der Waals surface area contributed by atoms with Gasteiger partial charge >= 0.3 is 0 Å². The minimum absolute atomic E-state index is 0.0412. The first-order chi connectivity index (χ1) is 16.2. The number of pyridine rings is 1. The Morgan fingerprint density at radius 2 is 2.06 bits per heavy atom. The van der Waals surface area contributed by atoms with Gasteiger partial charge in [0.05, 0.1) is 11.6 Å². The Balaban J connectivity index is 1.39. The summed E-state index contributed by atoms with van der Waals surface area (Å²) < 4.78 is 7.16. The minimum atomic E-state index is -0.0412. The monoisotopic (exact) mass is 440 g/mol. The molecule has 0 radical (unpaired) electrons. The number of aromatic nitrogens is 5. The molecule has 5 rings (SSSR count). The van der Waals surface area contributed by atoms with E-state index in [2.05, 4.69) is 15.1 Å². The maximum Gasteiger partial charge on any atom is 0.246 e. The summed E-state index contributed by atoms with van der Waals surface area (Å²) in [6.07, 6.45) is 10.7. The number of para-hydroxylation sites is 1. The Hall–Kier alpha value is -4.07. The Labute approximate surface area is 191 Å². The molecule has 0 aliphatic carbocycles. The van der Waals surface area contributed by atoms with Crippen molar-refractivity contribution in [3.63, 3.8) is 0 Å². The fourth-order valence-electron chi connectivity index (χ4n) is 4.07. The van der Waals surface area contributed by atoms with Crippen LogP contribution in [0.1, 0.15) is 36.0 Å². The molecule has 0 saturated carbocycles. The van der Waals surface area contributed by atoms with E-state index >= 15 is 0 Å². The first-order valence-corrected chi connectivity index (χ1v) is 11.0. The predicted molar refractivity (Wildman–Crippen MR) is 123 cm³/mol. The lowest BCUT2D eigenvalue weighted by atomic mass is 9.98. The predicted octanol–water partition coefficient (Wildman–Crippen LogP) is 4.05. The zero-order valence-electron chi connectivity index (χ0n) is 18.3. The van der Waals surface area contributed by atoms with E-state index in [-0.39, 0.29) is 11.8 Å². The van der Waals surface area contributed by atoms with Crippen molar-refractivity contribution < 1.29 is 9.32 Å². The summed E-state index contributed by atoms with van der Waals surface area (Å²) in [6, 6.07) is 13.7. The van der Waals surface area contributed by atoms with Gasteiger partial charge in [-0.1, -0.05) is 23.4 Å². The second-order valence-corrected chi connectivity index (χ2v) is 8.09. The molecule has 1 fully saturated rings. The summed E-state index contributed by atoms with van der Waals surface area (Å²) in [5.41, 5.74) is 3.46. The smallest absolute Gasteiger partial charge is 0.246 e. The number of carbonyl (C=O) groups is 1. The van der Waals surface area contributed by atoms with Crippen molar-refractivity contribution in [2.24, 2.45) is 0 Å². The standard InChI is InChI=1S/C25H24N6O2/c1-18-27-25(33-29-18)21-8-6-14-30(16-21)23(32)12-11-20-17-31(22-9-3-2-4-10-22)28-24(20)19-7-5-13-26-15-19/h2-5,7,9-13,15,17,21H,6,8,14,16H2,1H3. The van der Waals surface area contributed by atoms with E-state index in [0.717, 1.165) is 35.3 Å². The Morgan fingerprint density at radius 3 is 2.82 bits per heavy atom. The number of amides is 1. The number of piperidine rings is 1. The number of aryl methyl sites for hydroxylation is 1. The fraction of sp³-hybridized carbons (Fsp3) is 0.240. The lowest BCUT2D eigenvalue weighted by Gasteiger charge is -2.30. The molecule has 1 unspecified atom stereocenters. The van der Waals surface area contributed by atoms with Gasteiger partial charge in [-0.05, 0) is 50.1 Å². The average molecular weight is 441 g/mol. The third-order valence-electron chi connectivity index (χ3n) is 5.73. The highest BCUT2D eigenvalue weighted by molar-refractivity contribution is 5.93. The Kier molecular flexibility index (Phi) is 5.80. The van der Waals surface area contributed by atoms with Crippen molar-refractivity contribution in [3.8, 4) is 16.9 Å². The number of benzene rings is 1. The second kappa shape index (κ2) is 9.20. The van der Waals surface area contributed by atoms with Crippen molar-refractivity contribution in [2.75, 3.05) is 13.1 Å². The first-order valence-electron chi connectivity index (χ1n) is 11.0. The van der Waals surface area contributed by atoms with Crippen LogP contribution in [0.5, 0.6) is 0 Å². The summed E-state index contributed by atoms with van der Waals surface area (Å²) in [5, 5.41) is 8.65. The zero-order valence-corrected chi connectivity index (χ0v) is 18.3. The number of nitrogens with zero attached hydrogens (tertiary/aromatic N) is 6. The normalized spacial score (nSPS) is 16.4. The molecule has 0 bridgehead atoms. The minimum Gasteiger partial charge on any atom is -0.339 e. The van der Waals surface area contributed by atoms with E-state index in [1.807, 2.05) is 64.3 Å². The molecule has 1 amide bonds. The maximum atomic E-state index is 13.0. The molecule has 4 aromatic rings. The molecular formula is C25H24N6O2. The summed E-state index contributed by atoms with van der Waals surface area (Å²) in [7, 11) is 0. The van der Waals surface area contributed by atoms with Crippen molar-refractivity contribution in [2.45, 2.75) is 25.7 Å². The molecule has 1 saturated heterocycles. The topological polar surface area (TPSA) is 89.9 Å². The molecule has 166 valence electrons. The summed E-state index contributed by atoms with van der Waals surface area (Å²) >= 11 is 0. The molecule has 1 aliphatic rings. The molecule has 0 N–H and O–H groups in total. The molecule has 0 spiro atoms. The molecule has 8 heteroatoms. The van der Waals surface area contributed by atoms with Crippen LogP contribution in [-0.2, 0) is 4.79 Å². The molecule has 33 heavy (non-hydrogen) atoms. The Morgan fingerprint density at radius 1 is 1.18 bits per heavy atom. The molecule has 8 nitrogen and oxygen atoms in total. The van der Waals surface area contributed by atoms with Gasteiger partial charge in [0.15, 0.2) is 5.82 Å². The average Bonchev–Trinajstić information content (AvgIpc) is 3.50. The molecule has 1 atom stereocenters. The van der Waals surface area contributed by atoms with Crippen LogP contribution >= 0.6 is 0 Å². The SMILES string of the molecule is Cc1noc(C2CCCN(C(=O)C=Cc3cn(-c4ccccc4)nc3-c3cccnc3)C2)n1. The van der Waals surface area contributed by atoms with Crippen LogP contribution in [0, 0.1) is 6.92 Å². The van der Waals surface area contributed by atoms with Crippen molar-refractivity contribution >= 4 is 12.0 Å². The van der Waals surface area contributed by atoms with Gasteiger partial charge in [0.25, 0.3) is 0 Å². The van der Waals surface area contributed by atoms with E-state index in [1.54, 1.807) is 25.4 Å². The van der Waals surface area contributed by atoms with Gasteiger partial charge in [-0.25, -0.2) is 4.68 Å². The number of rotatable bonds is 5. The van der Waals surface area contributed by atoms with Crippen LogP contribution in [0.4, 0.5) is 0 Å². The summed E-state index contributed by atoms with van der Waals surface area (Å²) in [4.78, 5) is 23.4. The molecule has 3 aromatic heterocycles. The Bertz CT molecular complexity index is 1260. The van der Waals surface area contributed by atoms with E-state index in [1.165, 1.54) is 0 Å². The van der Waals surface area contributed by atoms with Gasteiger partial charge in [-0.2, -0.15) is 10.1 Å².